The van der Waals surface area contributed by atoms with Gasteiger partial charge in [0.25, 0.3) is 0 Å². The molecule has 0 spiro atoms. The number of hydroxylamine groups is 2. The molecule has 0 saturated carbocycles. The smallest absolute Gasteiger partial charge is 0.410 e. The van der Waals surface area contributed by atoms with Crippen molar-refractivity contribution in [1.82, 2.24) is 9.96 Å². The molecule has 0 bridgehead atoms. The van der Waals surface area contributed by atoms with E-state index in [1.165, 1.54) is 0 Å². The molecule has 0 atom stereocenters. The van der Waals surface area contributed by atoms with Gasteiger partial charge in [0.15, 0.2) is 0 Å². The molecule has 0 aliphatic carbocycles. The van der Waals surface area contributed by atoms with Gasteiger partial charge < -0.3 is 9.64 Å². The summed E-state index contributed by atoms with van der Waals surface area (Å²) in [6.45, 7) is 7.24. The highest BCUT2D eigenvalue weighted by atomic mass is 16.7. The van der Waals surface area contributed by atoms with Crippen molar-refractivity contribution in [3.05, 3.63) is 35.9 Å². The first kappa shape index (κ1) is 17.5. The van der Waals surface area contributed by atoms with Crippen molar-refractivity contribution in [2.24, 2.45) is 0 Å². The quantitative estimate of drug-likeness (QED) is 0.757. The number of ether oxygens (including phenoxy) is 1. The maximum atomic E-state index is 11.8. The van der Waals surface area contributed by atoms with Gasteiger partial charge in [-0.15, -0.1) is 0 Å². The predicted octanol–water partition coefficient (Wildman–Crippen LogP) is 2.92. The first-order valence-electron chi connectivity index (χ1n) is 7.10. The monoisotopic (exact) mass is 294 g/mol. The van der Waals surface area contributed by atoms with E-state index in [0.717, 1.165) is 5.56 Å². The third-order valence-electron chi connectivity index (χ3n) is 2.75. The summed E-state index contributed by atoms with van der Waals surface area (Å²) < 4.78 is 5.29. The minimum Gasteiger partial charge on any atom is -0.444 e. The average Bonchev–Trinajstić information content (AvgIpc) is 2.41. The summed E-state index contributed by atoms with van der Waals surface area (Å²) in [5.74, 6) is 0. The second-order valence-corrected chi connectivity index (χ2v) is 6.01. The molecule has 21 heavy (non-hydrogen) atoms. The number of nitrogens with zero attached hydrogens (tertiary/aromatic N) is 2. The molecular weight excluding hydrogens is 268 g/mol. The molecule has 5 heteroatoms. The number of hydrogen-bond acceptors (Lipinski definition) is 4. The van der Waals surface area contributed by atoms with Gasteiger partial charge >= 0.3 is 6.09 Å². The SMILES string of the molecule is CN(CCN(C)C(=O)OC(C)(C)C)OCc1ccccc1. The van der Waals surface area contributed by atoms with E-state index in [2.05, 4.69) is 0 Å². The van der Waals surface area contributed by atoms with Crippen LogP contribution in [0.4, 0.5) is 4.79 Å². The van der Waals surface area contributed by atoms with Crippen molar-refractivity contribution in [3.63, 3.8) is 0 Å². The van der Waals surface area contributed by atoms with Gasteiger partial charge in [0.05, 0.1) is 6.61 Å². The fourth-order valence-corrected chi connectivity index (χ4v) is 1.55. The lowest BCUT2D eigenvalue weighted by molar-refractivity contribution is -0.151. The summed E-state index contributed by atoms with van der Waals surface area (Å²) in [6, 6.07) is 9.97. The molecule has 1 rings (SSSR count). The van der Waals surface area contributed by atoms with Crippen LogP contribution in [0.1, 0.15) is 26.3 Å². The predicted molar refractivity (Wildman–Crippen MR) is 82.7 cm³/mol. The first-order chi connectivity index (χ1) is 9.78. The molecule has 0 N–H and O–H groups in total. The molecule has 118 valence electrons. The summed E-state index contributed by atoms with van der Waals surface area (Å²) in [5, 5.41) is 1.73. The highest BCUT2D eigenvalue weighted by Crippen LogP contribution is 2.09. The lowest BCUT2D eigenvalue weighted by Crippen LogP contribution is -2.38. The third kappa shape index (κ3) is 7.68. The topological polar surface area (TPSA) is 42.0 Å². The summed E-state index contributed by atoms with van der Waals surface area (Å²) in [7, 11) is 3.57. The number of amides is 1. The van der Waals surface area contributed by atoms with Gasteiger partial charge in [0.1, 0.15) is 5.60 Å². The number of carbonyl (C=O) groups excluding carboxylic acids is 1. The van der Waals surface area contributed by atoms with E-state index in [1.807, 2.05) is 58.2 Å². The second-order valence-electron chi connectivity index (χ2n) is 6.01. The fourth-order valence-electron chi connectivity index (χ4n) is 1.55. The van der Waals surface area contributed by atoms with Crippen LogP contribution in [0.3, 0.4) is 0 Å². The van der Waals surface area contributed by atoms with E-state index in [9.17, 15) is 4.79 Å². The summed E-state index contributed by atoms with van der Waals surface area (Å²) in [6.07, 6.45) is -0.320. The standard InChI is InChI=1S/C16H26N2O3/c1-16(2,3)21-15(19)17(4)11-12-18(5)20-13-14-9-7-6-8-10-14/h6-10H,11-13H2,1-5H3. The van der Waals surface area contributed by atoms with Crippen LogP contribution in [0, 0.1) is 0 Å². The van der Waals surface area contributed by atoms with Crippen molar-refractivity contribution in [1.29, 1.82) is 0 Å². The van der Waals surface area contributed by atoms with Crippen molar-refractivity contribution >= 4 is 6.09 Å². The number of rotatable bonds is 6. The van der Waals surface area contributed by atoms with E-state index in [4.69, 9.17) is 9.57 Å². The third-order valence-corrected chi connectivity index (χ3v) is 2.75. The molecule has 0 aromatic heterocycles. The normalized spacial score (nSPS) is 11.5. The molecule has 0 unspecified atom stereocenters. The number of likely N-dealkylation sites (N-methyl/N-ethyl adjacent to an activating group) is 2. The lowest BCUT2D eigenvalue weighted by atomic mass is 10.2. The molecule has 1 aromatic carbocycles. The van der Waals surface area contributed by atoms with E-state index < -0.39 is 5.60 Å². The van der Waals surface area contributed by atoms with Crippen LogP contribution in [0.25, 0.3) is 0 Å². The lowest BCUT2D eigenvalue weighted by Gasteiger charge is -2.26. The Balaban J connectivity index is 2.26. The molecule has 0 aliphatic rings. The minimum absolute atomic E-state index is 0.320. The molecule has 0 fully saturated rings. The van der Waals surface area contributed by atoms with Gasteiger partial charge in [-0.05, 0) is 26.3 Å². The van der Waals surface area contributed by atoms with E-state index in [1.54, 1.807) is 17.0 Å². The Morgan fingerprint density at radius 3 is 2.29 bits per heavy atom. The summed E-state index contributed by atoms with van der Waals surface area (Å²) >= 11 is 0. The Morgan fingerprint density at radius 2 is 1.71 bits per heavy atom. The van der Waals surface area contributed by atoms with Crippen molar-refractivity contribution in [3.8, 4) is 0 Å². The molecule has 0 heterocycles. The molecule has 1 aromatic rings. The number of benzene rings is 1. The van der Waals surface area contributed by atoms with Crippen molar-refractivity contribution < 1.29 is 14.4 Å². The Labute approximate surface area is 127 Å². The largest absolute Gasteiger partial charge is 0.444 e. The zero-order valence-corrected chi connectivity index (χ0v) is 13.6. The van der Waals surface area contributed by atoms with Crippen LogP contribution in [-0.4, -0.2) is 48.8 Å². The Kier molecular flexibility index (Phi) is 6.65. The maximum Gasteiger partial charge on any atom is 0.410 e. The molecule has 0 saturated heterocycles. The summed E-state index contributed by atoms with van der Waals surface area (Å²) in [5.41, 5.74) is 0.644. The van der Waals surface area contributed by atoms with Gasteiger partial charge in [-0.2, -0.15) is 5.06 Å². The minimum atomic E-state index is -0.471. The molecular formula is C16H26N2O3. The number of carbonyl (C=O) groups is 1. The van der Waals surface area contributed by atoms with Gasteiger partial charge in [0.2, 0.25) is 0 Å². The van der Waals surface area contributed by atoms with Gasteiger partial charge in [-0.1, -0.05) is 30.3 Å². The van der Waals surface area contributed by atoms with Crippen LogP contribution in [0.2, 0.25) is 0 Å². The van der Waals surface area contributed by atoms with E-state index in [-0.39, 0.29) is 6.09 Å². The van der Waals surface area contributed by atoms with E-state index >= 15 is 0 Å². The zero-order valence-electron chi connectivity index (χ0n) is 13.6. The highest BCUT2D eigenvalue weighted by Gasteiger charge is 2.19. The molecule has 0 radical (unpaired) electrons. The Hall–Kier alpha value is -1.59. The van der Waals surface area contributed by atoms with Crippen molar-refractivity contribution in [2.45, 2.75) is 33.0 Å². The van der Waals surface area contributed by atoms with Crippen LogP contribution in [-0.2, 0) is 16.2 Å². The first-order valence-corrected chi connectivity index (χ1v) is 7.10. The van der Waals surface area contributed by atoms with Crippen LogP contribution < -0.4 is 0 Å². The van der Waals surface area contributed by atoms with Crippen LogP contribution in [0.5, 0.6) is 0 Å². The van der Waals surface area contributed by atoms with Crippen molar-refractivity contribution in [2.75, 3.05) is 27.2 Å². The molecule has 5 nitrogen and oxygen atoms in total. The van der Waals surface area contributed by atoms with Gasteiger partial charge in [-0.25, -0.2) is 4.79 Å². The highest BCUT2D eigenvalue weighted by molar-refractivity contribution is 5.67. The Morgan fingerprint density at radius 1 is 1.10 bits per heavy atom. The van der Waals surface area contributed by atoms with Gasteiger partial charge in [0, 0.05) is 27.2 Å². The zero-order chi connectivity index (χ0) is 15.9. The fraction of sp³-hybridized carbons (Fsp3) is 0.562. The molecule has 1 amide bonds. The second kappa shape index (κ2) is 8.00. The van der Waals surface area contributed by atoms with E-state index in [0.29, 0.717) is 19.7 Å². The van der Waals surface area contributed by atoms with Crippen LogP contribution >= 0.6 is 0 Å². The Bertz CT molecular complexity index is 429. The molecule has 0 aliphatic heterocycles. The van der Waals surface area contributed by atoms with Crippen LogP contribution in [0.15, 0.2) is 30.3 Å². The summed E-state index contributed by atoms with van der Waals surface area (Å²) in [4.78, 5) is 19.0. The maximum absolute atomic E-state index is 11.8. The number of hydrogen-bond donors (Lipinski definition) is 0. The van der Waals surface area contributed by atoms with Gasteiger partial charge in [-0.3, -0.25) is 4.84 Å². The average molecular weight is 294 g/mol.